The highest BCUT2D eigenvalue weighted by Crippen LogP contribution is 2.40. The summed E-state index contributed by atoms with van der Waals surface area (Å²) in [6.07, 6.45) is 2.57. The van der Waals surface area contributed by atoms with E-state index < -0.39 is 5.60 Å². The fraction of sp³-hybridized carbons (Fsp3) is 0.588. The smallest absolute Gasteiger partial charge is 0.410 e. The number of hydrogen-bond donors (Lipinski definition) is 0. The van der Waals surface area contributed by atoms with Crippen molar-refractivity contribution in [2.45, 2.75) is 84.4 Å². The average Bonchev–Trinajstić information content (AvgIpc) is 3.38. The summed E-state index contributed by atoms with van der Waals surface area (Å²) in [5.41, 5.74) is 2.66. The number of nitrogens with zero attached hydrogens (tertiary/aromatic N) is 5. The lowest BCUT2D eigenvalue weighted by Gasteiger charge is -2.46. The number of aromatic nitrogens is 1. The largest absolute Gasteiger partial charge is 0.444 e. The van der Waals surface area contributed by atoms with E-state index in [2.05, 4.69) is 25.7 Å². The second kappa shape index (κ2) is 12.1. The predicted octanol–water partition coefficient (Wildman–Crippen LogP) is 4.61. The first-order valence-corrected chi connectivity index (χ1v) is 15.7. The van der Waals surface area contributed by atoms with Gasteiger partial charge in [0.2, 0.25) is 11.8 Å². The highest BCUT2D eigenvalue weighted by molar-refractivity contribution is 5.97. The molecule has 3 aliphatic heterocycles. The SMILES string of the molecule is CC1CC(=O)N(C[C@H]2CN(C(=O)OC(C)(C)C)[C@H](C)CN2CC(=O)N2CC(C)(C)c3ncc(Cc4ccc(F)cc4)cc32)C1. The van der Waals surface area contributed by atoms with Crippen LogP contribution in [0.15, 0.2) is 36.5 Å². The van der Waals surface area contributed by atoms with Gasteiger partial charge in [-0.3, -0.25) is 19.5 Å². The summed E-state index contributed by atoms with van der Waals surface area (Å²) >= 11 is 0. The maximum atomic E-state index is 14.1. The molecule has 0 spiro atoms. The first-order valence-electron chi connectivity index (χ1n) is 15.7. The van der Waals surface area contributed by atoms with E-state index in [0.29, 0.717) is 45.6 Å². The van der Waals surface area contributed by atoms with E-state index >= 15 is 0 Å². The number of benzene rings is 1. The Bertz CT molecular complexity index is 1410. The first kappa shape index (κ1) is 31.9. The minimum atomic E-state index is -0.626. The molecule has 3 amide bonds. The topological polar surface area (TPSA) is 86.3 Å². The van der Waals surface area contributed by atoms with E-state index in [9.17, 15) is 18.8 Å². The van der Waals surface area contributed by atoms with Gasteiger partial charge in [0.05, 0.1) is 17.9 Å². The van der Waals surface area contributed by atoms with Crippen molar-refractivity contribution in [1.29, 1.82) is 0 Å². The van der Waals surface area contributed by atoms with Gasteiger partial charge in [0.25, 0.3) is 0 Å². The van der Waals surface area contributed by atoms with Crippen molar-refractivity contribution in [2.75, 3.05) is 44.2 Å². The molecule has 5 rings (SSSR count). The van der Waals surface area contributed by atoms with Crippen LogP contribution < -0.4 is 4.90 Å². The summed E-state index contributed by atoms with van der Waals surface area (Å²) < 4.78 is 19.2. The van der Waals surface area contributed by atoms with Gasteiger partial charge in [0.1, 0.15) is 11.4 Å². The summed E-state index contributed by atoms with van der Waals surface area (Å²) in [4.78, 5) is 52.4. The Morgan fingerprint density at radius 1 is 1.07 bits per heavy atom. The van der Waals surface area contributed by atoms with Crippen LogP contribution >= 0.6 is 0 Å². The maximum Gasteiger partial charge on any atom is 0.410 e. The van der Waals surface area contributed by atoms with Crippen molar-refractivity contribution in [3.05, 3.63) is 59.2 Å². The Hall–Kier alpha value is -3.53. The number of carbonyl (C=O) groups excluding carboxylic acids is 3. The molecule has 1 unspecified atom stereocenters. The number of piperazine rings is 1. The Morgan fingerprint density at radius 2 is 1.77 bits per heavy atom. The van der Waals surface area contributed by atoms with E-state index in [4.69, 9.17) is 9.72 Å². The third kappa shape index (κ3) is 7.06. The van der Waals surface area contributed by atoms with Gasteiger partial charge in [-0.1, -0.05) is 32.9 Å². The standard InChI is InChI=1S/C34H46FN5O4/c1-22-12-29(41)38(16-22)18-27-19-39(32(43)44-33(3,4)5)23(2)17-37(27)20-30(42)40-21-34(6,7)31-28(40)14-25(15-36-31)13-24-8-10-26(35)11-9-24/h8-11,14-15,22-23,27H,12-13,16-21H2,1-7H3/t22?,23-,27+/m1/s1. The average molecular weight is 608 g/mol. The number of ether oxygens (including phenoxy) is 1. The number of hydrogen-bond acceptors (Lipinski definition) is 6. The van der Waals surface area contributed by atoms with Crippen LogP contribution in [0, 0.1) is 11.7 Å². The Balaban J connectivity index is 1.36. The first-order chi connectivity index (χ1) is 20.6. The van der Waals surface area contributed by atoms with Crippen LogP contribution in [0.1, 0.15) is 71.7 Å². The van der Waals surface area contributed by atoms with E-state index in [-0.39, 0.29) is 53.7 Å². The summed E-state index contributed by atoms with van der Waals surface area (Å²) in [5.74, 6) is 0.0762. The molecule has 0 N–H and O–H groups in total. The van der Waals surface area contributed by atoms with Crippen molar-refractivity contribution in [1.82, 2.24) is 19.7 Å². The summed E-state index contributed by atoms with van der Waals surface area (Å²) in [5, 5.41) is 0. The number of amides is 3. The summed E-state index contributed by atoms with van der Waals surface area (Å²) in [6, 6.07) is 8.07. The van der Waals surface area contributed by atoms with Crippen LogP contribution in [0.5, 0.6) is 0 Å². The zero-order valence-corrected chi connectivity index (χ0v) is 27.1. The van der Waals surface area contributed by atoms with Crippen molar-refractivity contribution in [2.24, 2.45) is 5.92 Å². The van der Waals surface area contributed by atoms with Gasteiger partial charge in [-0.25, -0.2) is 9.18 Å². The summed E-state index contributed by atoms with van der Waals surface area (Å²) in [7, 11) is 0. The molecular weight excluding hydrogens is 561 g/mol. The minimum Gasteiger partial charge on any atom is -0.444 e. The molecule has 2 fully saturated rings. The van der Waals surface area contributed by atoms with E-state index in [1.54, 1.807) is 17.0 Å². The molecule has 238 valence electrons. The molecule has 1 aromatic carbocycles. The van der Waals surface area contributed by atoms with Crippen molar-refractivity contribution in [3.8, 4) is 0 Å². The van der Waals surface area contributed by atoms with Gasteiger partial charge >= 0.3 is 6.09 Å². The lowest BCUT2D eigenvalue weighted by molar-refractivity contribution is -0.129. The zero-order valence-electron chi connectivity index (χ0n) is 27.1. The fourth-order valence-electron chi connectivity index (χ4n) is 6.65. The van der Waals surface area contributed by atoms with Crippen LogP contribution in [0.25, 0.3) is 0 Å². The van der Waals surface area contributed by atoms with Crippen molar-refractivity contribution < 1.29 is 23.5 Å². The molecule has 0 radical (unpaired) electrons. The number of carbonyl (C=O) groups is 3. The molecule has 2 saturated heterocycles. The third-order valence-electron chi connectivity index (χ3n) is 8.79. The molecule has 4 heterocycles. The molecular formula is C34H46FN5O4. The fourth-order valence-corrected chi connectivity index (χ4v) is 6.65. The highest BCUT2D eigenvalue weighted by Gasteiger charge is 2.43. The van der Waals surface area contributed by atoms with Crippen LogP contribution in [-0.4, -0.2) is 94.5 Å². The lowest BCUT2D eigenvalue weighted by atomic mass is 9.91. The third-order valence-corrected chi connectivity index (χ3v) is 8.79. The monoisotopic (exact) mass is 607 g/mol. The number of pyridine rings is 1. The number of rotatable bonds is 6. The molecule has 0 saturated carbocycles. The van der Waals surface area contributed by atoms with E-state index in [0.717, 1.165) is 22.5 Å². The van der Waals surface area contributed by atoms with Gasteiger partial charge in [-0.2, -0.15) is 0 Å². The number of halogens is 1. The van der Waals surface area contributed by atoms with E-state index in [1.165, 1.54) is 12.1 Å². The molecule has 0 aliphatic carbocycles. The van der Waals surface area contributed by atoms with Gasteiger partial charge in [-0.15, -0.1) is 0 Å². The maximum absolute atomic E-state index is 14.1. The molecule has 3 atom stereocenters. The molecule has 2 aromatic rings. The molecule has 44 heavy (non-hydrogen) atoms. The normalized spacial score (nSPS) is 23.7. The van der Waals surface area contributed by atoms with Crippen LogP contribution in [-0.2, 0) is 26.2 Å². The Kier molecular flexibility index (Phi) is 8.77. The zero-order chi connectivity index (χ0) is 32.0. The highest BCUT2D eigenvalue weighted by atomic mass is 19.1. The second-order valence-electron chi connectivity index (χ2n) is 14.6. The van der Waals surface area contributed by atoms with Crippen molar-refractivity contribution in [3.63, 3.8) is 0 Å². The lowest BCUT2D eigenvalue weighted by Crippen LogP contribution is -2.63. The van der Waals surface area contributed by atoms with Crippen molar-refractivity contribution >= 4 is 23.6 Å². The van der Waals surface area contributed by atoms with Gasteiger partial charge in [0.15, 0.2) is 0 Å². The molecule has 9 nitrogen and oxygen atoms in total. The molecule has 1 aromatic heterocycles. The number of fused-ring (bicyclic) bond motifs is 1. The van der Waals surface area contributed by atoms with Gasteiger partial charge in [0, 0.05) is 62.8 Å². The van der Waals surface area contributed by atoms with Gasteiger partial charge < -0.3 is 19.4 Å². The predicted molar refractivity (Wildman–Crippen MR) is 167 cm³/mol. The second-order valence-corrected chi connectivity index (χ2v) is 14.6. The molecule has 3 aliphatic rings. The number of anilines is 1. The molecule has 0 bridgehead atoms. The van der Waals surface area contributed by atoms with Crippen LogP contribution in [0.2, 0.25) is 0 Å². The van der Waals surface area contributed by atoms with Crippen LogP contribution in [0.3, 0.4) is 0 Å². The summed E-state index contributed by atoms with van der Waals surface area (Å²) in [6.45, 7) is 16.4. The quantitative estimate of drug-likeness (QED) is 0.477. The minimum absolute atomic E-state index is 0.0402. The van der Waals surface area contributed by atoms with E-state index in [1.807, 2.05) is 49.8 Å². The Labute approximate surface area is 260 Å². The van der Waals surface area contributed by atoms with Crippen LogP contribution in [0.4, 0.5) is 14.9 Å². The molecule has 10 heteroatoms. The Morgan fingerprint density at radius 3 is 2.41 bits per heavy atom. The number of likely N-dealkylation sites (tertiary alicyclic amines) is 1. The van der Waals surface area contributed by atoms with Gasteiger partial charge in [-0.05, 0) is 69.4 Å².